The van der Waals surface area contributed by atoms with Crippen molar-refractivity contribution >= 4 is 11.8 Å². The van der Waals surface area contributed by atoms with E-state index in [0.29, 0.717) is 0 Å². The van der Waals surface area contributed by atoms with E-state index in [9.17, 15) is 22.8 Å². The summed E-state index contributed by atoms with van der Waals surface area (Å²) in [5, 5.41) is 8.69. The van der Waals surface area contributed by atoms with E-state index in [0.717, 1.165) is 9.80 Å². The van der Waals surface area contributed by atoms with Crippen LogP contribution in [0.15, 0.2) is 0 Å². The summed E-state index contributed by atoms with van der Waals surface area (Å²) in [6, 6.07) is -1.12. The topological polar surface area (TPSA) is 60.9 Å². The average molecular weight is 254 g/mol. The molecular formula is C9H13F3N2O3. The van der Waals surface area contributed by atoms with Gasteiger partial charge in [0.2, 0.25) is 11.8 Å². The van der Waals surface area contributed by atoms with Gasteiger partial charge in [-0.2, -0.15) is 13.2 Å². The number of aliphatic hydroxyl groups is 1. The van der Waals surface area contributed by atoms with Crippen molar-refractivity contribution < 1.29 is 27.9 Å². The summed E-state index contributed by atoms with van der Waals surface area (Å²) in [7, 11) is 1.23. The van der Waals surface area contributed by atoms with Crippen LogP contribution < -0.4 is 0 Å². The highest BCUT2D eigenvalue weighted by Crippen LogP contribution is 2.22. The van der Waals surface area contributed by atoms with Crippen molar-refractivity contribution in [3.63, 3.8) is 0 Å². The Bertz CT molecular complexity index is 319. The maximum absolute atomic E-state index is 12.3. The van der Waals surface area contributed by atoms with Crippen molar-refractivity contribution in [1.82, 2.24) is 9.80 Å². The molecule has 0 aromatic carbocycles. The fourth-order valence-electron chi connectivity index (χ4n) is 1.73. The lowest BCUT2D eigenvalue weighted by atomic mass is 10.2. The Morgan fingerprint density at radius 1 is 1.47 bits per heavy atom. The monoisotopic (exact) mass is 254 g/mol. The molecule has 1 fully saturated rings. The molecule has 1 saturated heterocycles. The average Bonchev–Trinajstić information content (AvgIpc) is 2.43. The summed E-state index contributed by atoms with van der Waals surface area (Å²) in [6.45, 7) is -2.11. The number of amides is 2. The van der Waals surface area contributed by atoms with Gasteiger partial charge in [0.25, 0.3) is 0 Å². The maximum atomic E-state index is 12.3. The van der Waals surface area contributed by atoms with E-state index in [4.69, 9.17) is 5.11 Å². The zero-order valence-electron chi connectivity index (χ0n) is 9.20. The highest BCUT2D eigenvalue weighted by atomic mass is 19.4. The summed E-state index contributed by atoms with van der Waals surface area (Å²) in [5.41, 5.74) is 0. The van der Waals surface area contributed by atoms with Gasteiger partial charge in [0.05, 0.1) is 25.6 Å². The van der Waals surface area contributed by atoms with Crippen LogP contribution in [0.5, 0.6) is 0 Å². The number of likely N-dealkylation sites (tertiary alicyclic amines) is 1. The van der Waals surface area contributed by atoms with Crippen LogP contribution in [-0.2, 0) is 9.59 Å². The largest absolute Gasteiger partial charge is 0.401 e. The van der Waals surface area contributed by atoms with Crippen molar-refractivity contribution in [1.29, 1.82) is 0 Å². The Hall–Kier alpha value is -1.15. The SMILES string of the molecule is CN1C(=O)CC(N(CCO)CC(F)(F)F)C1=O. The van der Waals surface area contributed by atoms with Gasteiger partial charge in [-0.3, -0.25) is 19.4 Å². The molecule has 1 aliphatic rings. The molecule has 0 aromatic rings. The van der Waals surface area contributed by atoms with Crippen LogP contribution in [0.3, 0.4) is 0 Å². The Labute approximate surface area is 95.8 Å². The molecule has 1 unspecified atom stereocenters. The van der Waals surface area contributed by atoms with Gasteiger partial charge in [0, 0.05) is 13.6 Å². The van der Waals surface area contributed by atoms with Gasteiger partial charge >= 0.3 is 6.18 Å². The highest BCUT2D eigenvalue weighted by Gasteiger charge is 2.43. The molecule has 0 spiro atoms. The molecule has 1 atom stereocenters. The third-order valence-corrected chi connectivity index (χ3v) is 2.57. The predicted octanol–water partition coefficient (Wildman–Crippen LogP) is -0.400. The first kappa shape index (κ1) is 13.9. The second-order valence-electron chi connectivity index (χ2n) is 3.82. The van der Waals surface area contributed by atoms with Gasteiger partial charge in [0.1, 0.15) is 0 Å². The van der Waals surface area contributed by atoms with E-state index in [1.807, 2.05) is 0 Å². The number of halogens is 3. The summed E-state index contributed by atoms with van der Waals surface area (Å²) >= 11 is 0. The minimum atomic E-state index is -4.47. The fraction of sp³-hybridized carbons (Fsp3) is 0.778. The van der Waals surface area contributed by atoms with E-state index in [2.05, 4.69) is 0 Å². The van der Waals surface area contributed by atoms with Crippen LogP contribution in [0.25, 0.3) is 0 Å². The lowest BCUT2D eigenvalue weighted by Crippen LogP contribution is -2.46. The molecule has 8 heteroatoms. The molecule has 5 nitrogen and oxygen atoms in total. The molecule has 1 aliphatic heterocycles. The third kappa shape index (κ3) is 3.40. The van der Waals surface area contributed by atoms with Gasteiger partial charge in [0.15, 0.2) is 0 Å². The Kier molecular flexibility index (Phi) is 4.10. The Balaban J connectivity index is 2.78. The highest BCUT2D eigenvalue weighted by molar-refractivity contribution is 6.05. The van der Waals surface area contributed by atoms with Crippen molar-refractivity contribution in [2.75, 3.05) is 26.7 Å². The number of nitrogens with zero attached hydrogens (tertiary/aromatic N) is 2. The molecule has 0 bridgehead atoms. The first-order valence-corrected chi connectivity index (χ1v) is 4.98. The van der Waals surface area contributed by atoms with Crippen molar-refractivity contribution in [2.45, 2.75) is 18.6 Å². The zero-order chi connectivity index (χ0) is 13.2. The number of rotatable bonds is 4. The Morgan fingerprint density at radius 3 is 2.41 bits per heavy atom. The van der Waals surface area contributed by atoms with Gasteiger partial charge in [-0.15, -0.1) is 0 Å². The maximum Gasteiger partial charge on any atom is 0.401 e. The van der Waals surface area contributed by atoms with E-state index < -0.39 is 37.2 Å². The smallest absolute Gasteiger partial charge is 0.395 e. The molecule has 17 heavy (non-hydrogen) atoms. The molecule has 0 aromatic heterocycles. The van der Waals surface area contributed by atoms with Crippen molar-refractivity contribution in [3.05, 3.63) is 0 Å². The van der Waals surface area contributed by atoms with Crippen LogP contribution in [-0.4, -0.2) is 65.7 Å². The lowest BCUT2D eigenvalue weighted by molar-refractivity contribution is -0.156. The fourth-order valence-corrected chi connectivity index (χ4v) is 1.73. The number of carbonyl (C=O) groups is 2. The van der Waals surface area contributed by atoms with Crippen LogP contribution in [0.1, 0.15) is 6.42 Å². The number of alkyl halides is 3. The predicted molar refractivity (Wildman–Crippen MR) is 50.9 cm³/mol. The molecule has 0 saturated carbocycles. The van der Waals surface area contributed by atoms with Crippen molar-refractivity contribution in [2.24, 2.45) is 0 Å². The summed E-state index contributed by atoms with van der Waals surface area (Å²) in [4.78, 5) is 24.3. The standard InChI is InChI=1S/C9H13F3N2O3/c1-13-7(16)4-6(8(13)17)14(2-3-15)5-9(10,11)12/h6,15H,2-5H2,1H3. The molecule has 1 heterocycles. The molecule has 0 aliphatic carbocycles. The summed E-state index contributed by atoms with van der Waals surface area (Å²) < 4.78 is 36.8. The van der Waals surface area contributed by atoms with Gasteiger partial charge in [-0.25, -0.2) is 0 Å². The van der Waals surface area contributed by atoms with Crippen LogP contribution in [0, 0.1) is 0 Å². The van der Waals surface area contributed by atoms with Gasteiger partial charge < -0.3 is 5.11 Å². The number of hydrogen-bond donors (Lipinski definition) is 1. The summed E-state index contributed by atoms with van der Waals surface area (Å²) in [5.74, 6) is -1.17. The third-order valence-electron chi connectivity index (χ3n) is 2.57. The van der Waals surface area contributed by atoms with Gasteiger partial charge in [-0.1, -0.05) is 0 Å². The molecular weight excluding hydrogens is 241 g/mol. The second kappa shape index (κ2) is 5.01. The first-order valence-electron chi connectivity index (χ1n) is 4.98. The van der Waals surface area contributed by atoms with Gasteiger partial charge in [-0.05, 0) is 0 Å². The van der Waals surface area contributed by atoms with E-state index in [-0.39, 0.29) is 13.0 Å². The van der Waals surface area contributed by atoms with Crippen LogP contribution in [0.4, 0.5) is 13.2 Å². The number of likely N-dealkylation sites (N-methyl/N-ethyl adjacent to an activating group) is 1. The molecule has 0 radical (unpaired) electrons. The van der Waals surface area contributed by atoms with Crippen LogP contribution in [0.2, 0.25) is 0 Å². The minimum Gasteiger partial charge on any atom is -0.395 e. The molecule has 1 rings (SSSR count). The first-order chi connectivity index (χ1) is 7.76. The normalized spacial score (nSPS) is 21.8. The van der Waals surface area contributed by atoms with E-state index >= 15 is 0 Å². The molecule has 1 N–H and O–H groups in total. The van der Waals surface area contributed by atoms with Crippen LogP contribution >= 0.6 is 0 Å². The Morgan fingerprint density at radius 2 is 2.06 bits per heavy atom. The second-order valence-corrected chi connectivity index (χ2v) is 3.82. The molecule has 2 amide bonds. The number of aliphatic hydroxyl groups excluding tert-OH is 1. The number of carbonyl (C=O) groups excluding carboxylic acids is 2. The molecule has 98 valence electrons. The lowest BCUT2D eigenvalue weighted by Gasteiger charge is -2.26. The number of imide groups is 1. The van der Waals surface area contributed by atoms with E-state index in [1.165, 1.54) is 7.05 Å². The van der Waals surface area contributed by atoms with E-state index in [1.54, 1.807) is 0 Å². The summed E-state index contributed by atoms with van der Waals surface area (Å²) in [6.07, 6.45) is -4.74. The quantitative estimate of drug-likeness (QED) is 0.693. The van der Waals surface area contributed by atoms with Crippen molar-refractivity contribution in [3.8, 4) is 0 Å². The zero-order valence-corrected chi connectivity index (χ0v) is 9.20. The minimum absolute atomic E-state index is 0.272. The number of hydrogen-bond acceptors (Lipinski definition) is 4.